The van der Waals surface area contributed by atoms with Gasteiger partial charge in [0.2, 0.25) is 5.91 Å². The van der Waals surface area contributed by atoms with E-state index in [1.165, 1.54) is 9.91 Å². The Balaban J connectivity index is 1.87. The number of carbonyl (C=O) groups excluding carboxylic acids is 2. The minimum atomic E-state index is -0.195. The minimum Gasteiger partial charge on any atom is -0.497 e. The highest BCUT2D eigenvalue weighted by atomic mass is 16.5. The minimum absolute atomic E-state index is 0.000258. The van der Waals surface area contributed by atoms with Crippen molar-refractivity contribution in [3.8, 4) is 5.75 Å². The summed E-state index contributed by atoms with van der Waals surface area (Å²) in [7, 11) is 3.28. The third kappa shape index (κ3) is 4.65. The van der Waals surface area contributed by atoms with E-state index in [-0.39, 0.29) is 30.3 Å². The molecule has 0 saturated heterocycles. The van der Waals surface area contributed by atoms with E-state index >= 15 is 0 Å². The van der Waals surface area contributed by atoms with Crippen LogP contribution >= 0.6 is 0 Å². The smallest absolute Gasteiger partial charge is 0.262 e. The Kier molecular flexibility index (Phi) is 6.32. The fraction of sp³-hybridized carbons (Fsp3) is 0.348. The quantitative estimate of drug-likeness (QED) is 0.755. The molecule has 2 aromatic carbocycles. The number of rotatable bonds is 6. The lowest BCUT2D eigenvalue weighted by molar-refractivity contribution is -0.142. The van der Waals surface area contributed by atoms with Gasteiger partial charge in [-0.05, 0) is 35.4 Å². The number of hydrazone groups is 1. The first-order valence-corrected chi connectivity index (χ1v) is 9.74. The van der Waals surface area contributed by atoms with Crippen LogP contribution < -0.4 is 4.74 Å². The largest absolute Gasteiger partial charge is 0.497 e. The predicted octanol–water partition coefficient (Wildman–Crippen LogP) is 3.49. The van der Waals surface area contributed by atoms with Crippen LogP contribution in [-0.4, -0.2) is 48.1 Å². The van der Waals surface area contributed by atoms with Gasteiger partial charge in [-0.15, -0.1) is 0 Å². The van der Waals surface area contributed by atoms with Crippen LogP contribution in [0.25, 0.3) is 0 Å². The van der Waals surface area contributed by atoms with Gasteiger partial charge in [-0.25, -0.2) is 5.01 Å². The fourth-order valence-electron chi connectivity index (χ4n) is 3.43. The molecule has 6 heteroatoms. The maximum atomic E-state index is 13.0. The Labute approximate surface area is 171 Å². The summed E-state index contributed by atoms with van der Waals surface area (Å²) in [6.45, 7) is 3.65. The van der Waals surface area contributed by atoms with E-state index in [1.54, 1.807) is 14.2 Å². The molecule has 2 amide bonds. The summed E-state index contributed by atoms with van der Waals surface area (Å²) in [4.78, 5) is 26.7. The summed E-state index contributed by atoms with van der Waals surface area (Å²) in [5, 5.41) is 6.18. The molecular weight excluding hydrogens is 366 g/mol. The molecule has 29 heavy (non-hydrogen) atoms. The standard InChI is InChI=1S/C23H27N3O3/c1-16(2)23(28)25(3)15-22(27)26-21(18-8-6-5-7-9-18)14-20(24-26)17-10-12-19(29-4)13-11-17/h5-13,16,21H,14-15H2,1-4H3/t21-/m1/s1. The molecule has 0 radical (unpaired) electrons. The first-order valence-electron chi connectivity index (χ1n) is 9.74. The molecule has 0 bridgehead atoms. The molecule has 1 heterocycles. The Morgan fingerprint density at radius 1 is 1.14 bits per heavy atom. The van der Waals surface area contributed by atoms with Gasteiger partial charge in [0, 0.05) is 19.4 Å². The van der Waals surface area contributed by atoms with Gasteiger partial charge in [0.05, 0.1) is 18.9 Å². The molecule has 6 nitrogen and oxygen atoms in total. The molecule has 1 aliphatic heterocycles. The second-order valence-electron chi connectivity index (χ2n) is 7.49. The van der Waals surface area contributed by atoms with Gasteiger partial charge in [0.1, 0.15) is 12.3 Å². The first kappa shape index (κ1) is 20.6. The lowest BCUT2D eigenvalue weighted by Gasteiger charge is -2.25. The number of benzene rings is 2. The zero-order valence-corrected chi connectivity index (χ0v) is 17.3. The van der Waals surface area contributed by atoms with E-state index in [0.717, 1.165) is 22.6 Å². The third-order valence-corrected chi connectivity index (χ3v) is 5.02. The number of hydrogen-bond acceptors (Lipinski definition) is 4. The van der Waals surface area contributed by atoms with Gasteiger partial charge < -0.3 is 9.64 Å². The van der Waals surface area contributed by atoms with Crippen LogP contribution in [0.3, 0.4) is 0 Å². The van der Waals surface area contributed by atoms with Crippen LogP contribution in [0, 0.1) is 5.92 Å². The van der Waals surface area contributed by atoms with Crippen molar-refractivity contribution in [2.24, 2.45) is 11.0 Å². The summed E-state index contributed by atoms with van der Waals surface area (Å²) in [5.74, 6) is 0.357. The van der Waals surface area contributed by atoms with Crippen molar-refractivity contribution in [2.75, 3.05) is 20.7 Å². The number of methoxy groups -OCH3 is 1. The average Bonchev–Trinajstić information content (AvgIpc) is 3.19. The van der Waals surface area contributed by atoms with E-state index in [1.807, 2.05) is 68.4 Å². The number of amides is 2. The highest BCUT2D eigenvalue weighted by Crippen LogP contribution is 2.33. The highest BCUT2D eigenvalue weighted by Gasteiger charge is 2.34. The van der Waals surface area contributed by atoms with Crippen molar-refractivity contribution < 1.29 is 14.3 Å². The van der Waals surface area contributed by atoms with Crippen LogP contribution in [0.1, 0.15) is 37.4 Å². The normalized spacial score (nSPS) is 16.0. The average molecular weight is 393 g/mol. The molecule has 0 unspecified atom stereocenters. The molecule has 0 N–H and O–H groups in total. The van der Waals surface area contributed by atoms with Gasteiger partial charge in [-0.3, -0.25) is 9.59 Å². The van der Waals surface area contributed by atoms with E-state index in [4.69, 9.17) is 4.74 Å². The van der Waals surface area contributed by atoms with E-state index in [0.29, 0.717) is 6.42 Å². The van der Waals surface area contributed by atoms with E-state index in [9.17, 15) is 9.59 Å². The monoisotopic (exact) mass is 393 g/mol. The molecule has 0 fully saturated rings. The Hall–Kier alpha value is -3.15. The zero-order valence-electron chi connectivity index (χ0n) is 17.3. The van der Waals surface area contributed by atoms with Crippen LogP contribution in [0.2, 0.25) is 0 Å². The first-order chi connectivity index (χ1) is 13.9. The van der Waals surface area contributed by atoms with Gasteiger partial charge in [-0.1, -0.05) is 44.2 Å². The molecular formula is C23H27N3O3. The number of carbonyl (C=O) groups is 2. The maximum Gasteiger partial charge on any atom is 0.262 e. The van der Waals surface area contributed by atoms with Crippen molar-refractivity contribution in [2.45, 2.75) is 26.3 Å². The van der Waals surface area contributed by atoms with Gasteiger partial charge in [-0.2, -0.15) is 5.10 Å². The summed E-state index contributed by atoms with van der Waals surface area (Å²) in [5.41, 5.74) is 2.81. The predicted molar refractivity (Wildman–Crippen MR) is 113 cm³/mol. The Morgan fingerprint density at radius 2 is 1.79 bits per heavy atom. The molecule has 0 aliphatic carbocycles. The van der Waals surface area contributed by atoms with E-state index < -0.39 is 0 Å². The number of likely N-dealkylation sites (N-methyl/N-ethyl adjacent to an activating group) is 1. The maximum absolute atomic E-state index is 13.0. The Bertz CT molecular complexity index is 891. The summed E-state index contributed by atoms with van der Waals surface area (Å²) in [6.07, 6.45) is 0.615. The molecule has 0 aromatic heterocycles. The van der Waals surface area contributed by atoms with Crippen LogP contribution in [0.4, 0.5) is 0 Å². The molecule has 2 aromatic rings. The summed E-state index contributed by atoms with van der Waals surface area (Å²) >= 11 is 0. The SMILES string of the molecule is COc1ccc(C2=NN(C(=O)CN(C)C(=O)C(C)C)[C@@H](c3ccccc3)C2)cc1. The number of nitrogens with zero attached hydrogens (tertiary/aromatic N) is 3. The van der Waals surface area contributed by atoms with Crippen molar-refractivity contribution in [1.82, 2.24) is 9.91 Å². The summed E-state index contributed by atoms with van der Waals surface area (Å²) in [6, 6.07) is 17.3. The molecule has 1 aliphatic rings. The van der Waals surface area contributed by atoms with Crippen molar-refractivity contribution in [1.29, 1.82) is 0 Å². The number of hydrogen-bond donors (Lipinski definition) is 0. The lowest BCUT2D eigenvalue weighted by atomic mass is 9.98. The van der Waals surface area contributed by atoms with Gasteiger partial charge in [0.25, 0.3) is 5.91 Å². The summed E-state index contributed by atoms with van der Waals surface area (Å²) < 4.78 is 5.23. The molecule has 152 valence electrons. The van der Waals surface area contributed by atoms with E-state index in [2.05, 4.69) is 5.10 Å². The Morgan fingerprint density at radius 3 is 2.38 bits per heavy atom. The fourth-order valence-corrected chi connectivity index (χ4v) is 3.43. The van der Waals surface area contributed by atoms with Gasteiger partial charge >= 0.3 is 0 Å². The van der Waals surface area contributed by atoms with Crippen LogP contribution in [-0.2, 0) is 9.59 Å². The molecule has 1 atom stereocenters. The van der Waals surface area contributed by atoms with Crippen LogP contribution in [0.5, 0.6) is 5.75 Å². The second-order valence-corrected chi connectivity index (χ2v) is 7.49. The highest BCUT2D eigenvalue weighted by molar-refractivity contribution is 6.03. The second kappa shape index (κ2) is 8.90. The topological polar surface area (TPSA) is 62.2 Å². The molecule has 0 spiro atoms. The zero-order chi connectivity index (χ0) is 21.0. The van der Waals surface area contributed by atoms with Gasteiger partial charge in [0.15, 0.2) is 0 Å². The molecule has 0 saturated carbocycles. The molecule has 3 rings (SSSR count). The van der Waals surface area contributed by atoms with Crippen LogP contribution in [0.15, 0.2) is 59.7 Å². The van der Waals surface area contributed by atoms with Crippen molar-refractivity contribution >= 4 is 17.5 Å². The van der Waals surface area contributed by atoms with Crippen molar-refractivity contribution in [3.05, 3.63) is 65.7 Å². The lowest BCUT2D eigenvalue weighted by Crippen LogP contribution is -2.40. The number of ether oxygens (including phenoxy) is 1. The van der Waals surface area contributed by atoms with Crippen molar-refractivity contribution in [3.63, 3.8) is 0 Å². The third-order valence-electron chi connectivity index (χ3n) is 5.02.